The second-order valence-corrected chi connectivity index (χ2v) is 5.34. The van der Waals surface area contributed by atoms with E-state index >= 15 is 0 Å². The number of hydrogen-bond acceptors (Lipinski definition) is 3. The smallest absolute Gasteiger partial charge is 0.0947 e. The van der Waals surface area contributed by atoms with Gasteiger partial charge in [-0.25, -0.2) is 0 Å². The maximum Gasteiger partial charge on any atom is 0.0947 e. The predicted octanol–water partition coefficient (Wildman–Crippen LogP) is 0.996. The number of hydrogen-bond donors (Lipinski definition) is 2. The Morgan fingerprint density at radius 1 is 1.77 bits per heavy atom. The fourth-order valence-electron chi connectivity index (χ4n) is 1.54. The van der Waals surface area contributed by atoms with Gasteiger partial charge in [-0.3, -0.25) is 5.41 Å². The van der Waals surface area contributed by atoms with Gasteiger partial charge in [0, 0.05) is 36.6 Å². The lowest BCUT2D eigenvalue weighted by Crippen LogP contribution is -2.41. The molecule has 0 aromatic carbocycles. The first-order chi connectivity index (χ1) is 6.09. The lowest BCUT2D eigenvalue weighted by Gasteiger charge is -2.32. The molecule has 3 N–H and O–H groups in total. The molecular formula is C9H19N3S. The monoisotopic (exact) mass is 201 g/mol. The summed E-state index contributed by atoms with van der Waals surface area (Å²) in [5, 5.41) is 8.04. The van der Waals surface area contributed by atoms with Gasteiger partial charge in [-0.2, -0.15) is 11.8 Å². The van der Waals surface area contributed by atoms with Gasteiger partial charge < -0.3 is 10.6 Å². The summed E-state index contributed by atoms with van der Waals surface area (Å²) in [4.78, 5) is 2.41. The average molecular weight is 201 g/mol. The minimum Gasteiger partial charge on any atom is -0.387 e. The molecule has 0 bridgehead atoms. The van der Waals surface area contributed by atoms with Crippen LogP contribution in [0.5, 0.6) is 0 Å². The van der Waals surface area contributed by atoms with E-state index in [1.165, 1.54) is 5.75 Å². The minimum atomic E-state index is 0.204. The van der Waals surface area contributed by atoms with E-state index < -0.39 is 0 Å². The number of rotatable bonds is 3. The van der Waals surface area contributed by atoms with E-state index in [9.17, 15) is 0 Å². The van der Waals surface area contributed by atoms with Crippen molar-refractivity contribution in [1.29, 1.82) is 5.41 Å². The van der Waals surface area contributed by atoms with E-state index in [-0.39, 0.29) is 5.92 Å². The van der Waals surface area contributed by atoms with Gasteiger partial charge in [-0.1, -0.05) is 13.8 Å². The first-order valence-electron chi connectivity index (χ1n) is 4.77. The summed E-state index contributed by atoms with van der Waals surface area (Å²) in [6.45, 7) is 7.51. The topological polar surface area (TPSA) is 53.1 Å². The summed E-state index contributed by atoms with van der Waals surface area (Å²) in [6, 6.07) is 0. The second kappa shape index (κ2) is 4.86. The van der Waals surface area contributed by atoms with Crippen LogP contribution >= 0.6 is 11.8 Å². The third kappa shape index (κ3) is 3.56. The fourth-order valence-corrected chi connectivity index (χ4v) is 2.62. The van der Waals surface area contributed by atoms with Gasteiger partial charge in [0.1, 0.15) is 0 Å². The Hall–Kier alpha value is -0.220. The zero-order valence-electron chi connectivity index (χ0n) is 8.42. The number of nitrogens with zero attached hydrogens (tertiary/aromatic N) is 1. The zero-order valence-corrected chi connectivity index (χ0v) is 9.23. The van der Waals surface area contributed by atoms with Crippen LogP contribution in [-0.4, -0.2) is 41.4 Å². The van der Waals surface area contributed by atoms with Crippen LogP contribution in [0.25, 0.3) is 0 Å². The molecule has 0 saturated carbocycles. The van der Waals surface area contributed by atoms with E-state index in [2.05, 4.69) is 11.8 Å². The first kappa shape index (κ1) is 10.9. The SMILES string of the molecule is CC1CN(CC(C)C(=N)N)CCS1. The Labute approximate surface area is 84.6 Å². The number of thioether (sulfide) groups is 1. The summed E-state index contributed by atoms with van der Waals surface area (Å²) in [5.74, 6) is 1.73. The Morgan fingerprint density at radius 3 is 3.00 bits per heavy atom. The molecule has 0 aromatic rings. The molecule has 1 fully saturated rings. The van der Waals surface area contributed by atoms with Gasteiger partial charge >= 0.3 is 0 Å². The first-order valence-corrected chi connectivity index (χ1v) is 5.82. The second-order valence-electron chi connectivity index (χ2n) is 3.80. The van der Waals surface area contributed by atoms with Gasteiger partial charge in [0.05, 0.1) is 5.84 Å². The Kier molecular flexibility index (Phi) is 4.06. The van der Waals surface area contributed by atoms with Crippen LogP contribution < -0.4 is 5.73 Å². The molecule has 0 aromatic heterocycles. The van der Waals surface area contributed by atoms with E-state index in [0.29, 0.717) is 5.84 Å². The van der Waals surface area contributed by atoms with Crippen molar-refractivity contribution < 1.29 is 0 Å². The van der Waals surface area contributed by atoms with Crippen molar-refractivity contribution in [1.82, 2.24) is 4.90 Å². The summed E-state index contributed by atoms with van der Waals surface area (Å²) < 4.78 is 0. The fraction of sp³-hybridized carbons (Fsp3) is 0.889. The number of nitrogens with one attached hydrogen (secondary N) is 1. The molecule has 3 nitrogen and oxygen atoms in total. The van der Waals surface area contributed by atoms with Crippen molar-refractivity contribution >= 4 is 17.6 Å². The standard InChI is InChI=1S/C9H19N3S/c1-7(9(10)11)5-12-3-4-13-8(2)6-12/h7-8H,3-6H2,1-2H3,(H3,10,11). The number of nitrogens with two attached hydrogens (primary N) is 1. The van der Waals surface area contributed by atoms with Crippen molar-refractivity contribution in [3.05, 3.63) is 0 Å². The van der Waals surface area contributed by atoms with Gasteiger partial charge in [-0.05, 0) is 0 Å². The highest BCUT2D eigenvalue weighted by molar-refractivity contribution is 7.99. The van der Waals surface area contributed by atoms with Crippen LogP contribution in [-0.2, 0) is 0 Å². The van der Waals surface area contributed by atoms with Crippen LogP contribution in [0.4, 0.5) is 0 Å². The van der Waals surface area contributed by atoms with E-state index in [0.717, 1.165) is 24.9 Å². The highest BCUT2D eigenvalue weighted by atomic mass is 32.2. The van der Waals surface area contributed by atoms with Crippen molar-refractivity contribution in [3.8, 4) is 0 Å². The maximum absolute atomic E-state index is 7.32. The molecule has 13 heavy (non-hydrogen) atoms. The summed E-state index contributed by atoms with van der Waals surface area (Å²) in [6.07, 6.45) is 0. The normalized spacial score (nSPS) is 27.1. The average Bonchev–Trinajstić information content (AvgIpc) is 2.04. The van der Waals surface area contributed by atoms with Crippen LogP contribution in [0.3, 0.4) is 0 Å². The lowest BCUT2D eigenvalue weighted by atomic mass is 10.1. The van der Waals surface area contributed by atoms with E-state index in [4.69, 9.17) is 11.1 Å². The Morgan fingerprint density at radius 2 is 2.46 bits per heavy atom. The molecule has 76 valence electrons. The lowest BCUT2D eigenvalue weighted by molar-refractivity contribution is 0.270. The van der Waals surface area contributed by atoms with Gasteiger partial charge in [-0.15, -0.1) is 0 Å². The third-order valence-electron chi connectivity index (χ3n) is 2.39. The Balaban J connectivity index is 2.31. The summed E-state index contributed by atoms with van der Waals surface area (Å²) in [5.41, 5.74) is 5.44. The molecule has 2 atom stereocenters. The summed E-state index contributed by atoms with van der Waals surface area (Å²) >= 11 is 2.03. The van der Waals surface area contributed by atoms with E-state index in [1.54, 1.807) is 0 Å². The number of amidine groups is 1. The maximum atomic E-state index is 7.32. The minimum absolute atomic E-state index is 0.204. The van der Waals surface area contributed by atoms with Crippen molar-refractivity contribution in [2.75, 3.05) is 25.4 Å². The summed E-state index contributed by atoms with van der Waals surface area (Å²) in [7, 11) is 0. The molecule has 1 saturated heterocycles. The highest BCUT2D eigenvalue weighted by Crippen LogP contribution is 2.18. The molecule has 1 aliphatic heterocycles. The van der Waals surface area contributed by atoms with Crippen molar-refractivity contribution in [2.24, 2.45) is 11.7 Å². The van der Waals surface area contributed by atoms with Gasteiger partial charge in [0.25, 0.3) is 0 Å². The third-order valence-corrected chi connectivity index (χ3v) is 3.52. The molecule has 0 radical (unpaired) electrons. The van der Waals surface area contributed by atoms with Crippen LogP contribution in [0.2, 0.25) is 0 Å². The van der Waals surface area contributed by atoms with Crippen molar-refractivity contribution in [2.45, 2.75) is 19.1 Å². The molecule has 4 heteroatoms. The van der Waals surface area contributed by atoms with Gasteiger partial charge in [0.2, 0.25) is 0 Å². The highest BCUT2D eigenvalue weighted by Gasteiger charge is 2.19. The molecule has 1 rings (SSSR count). The van der Waals surface area contributed by atoms with Crippen molar-refractivity contribution in [3.63, 3.8) is 0 Å². The Bertz CT molecular complexity index is 184. The molecule has 1 heterocycles. The van der Waals surface area contributed by atoms with Crippen LogP contribution in [0.15, 0.2) is 0 Å². The molecular weight excluding hydrogens is 182 g/mol. The zero-order chi connectivity index (χ0) is 9.84. The molecule has 2 unspecified atom stereocenters. The van der Waals surface area contributed by atoms with Crippen LogP contribution in [0, 0.1) is 11.3 Å². The molecule has 1 aliphatic rings. The molecule has 0 aliphatic carbocycles. The quantitative estimate of drug-likeness (QED) is 0.529. The molecule has 0 spiro atoms. The molecule has 0 amide bonds. The largest absolute Gasteiger partial charge is 0.387 e. The van der Waals surface area contributed by atoms with Gasteiger partial charge in [0.15, 0.2) is 0 Å². The predicted molar refractivity (Wildman–Crippen MR) is 59.4 cm³/mol. The van der Waals surface area contributed by atoms with Crippen LogP contribution in [0.1, 0.15) is 13.8 Å². The van der Waals surface area contributed by atoms with E-state index in [1.807, 2.05) is 18.7 Å².